The van der Waals surface area contributed by atoms with Gasteiger partial charge in [-0.2, -0.15) is 0 Å². The van der Waals surface area contributed by atoms with Crippen molar-refractivity contribution in [2.24, 2.45) is 0 Å². The van der Waals surface area contributed by atoms with Crippen molar-refractivity contribution in [1.82, 2.24) is 0 Å². The zero-order chi connectivity index (χ0) is 30.4. The third-order valence-corrected chi connectivity index (χ3v) is 23.8. The molecule has 17 heteroatoms. The van der Waals surface area contributed by atoms with Crippen LogP contribution >= 0.6 is 0 Å². The minimum Gasteiger partial charge on any atom is -0.463 e. The summed E-state index contributed by atoms with van der Waals surface area (Å²) in [6.45, 7) is 18.7. The van der Waals surface area contributed by atoms with Crippen LogP contribution in [0.4, 0.5) is 0 Å². The van der Waals surface area contributed by atoms with Crippen molar-refractivity contribution in [3.8, 4) is 0 Å². The predicted molar refractivity (Wildman–Crippen MR) is 157 cm³/mol. The topological polar surface area (TPSA) is 126 Å². The van der Waals surface area contributed by atoms with Crippen LogP contribution in [0.25, 0.3) is 0 Å². The molecule has 12 nitrogen and oxygen atoms in total. The van der Waals surface area contributed by atoms with Gasteiger partial charge in [-0.25, -0.2) is 9.59 Å². The van der Waals surface area contributed by atoms with Crippen molar-refractivity contribution < 1.29 is 53.2 Å². The van der Waals surface area contributed by atoms with Crippen LogP contribution in [0.3, 0.4) is 0 Å². The summed E-state index contributed by atoms with van der Waals surface area (Å²) in [5.41, 5.74) is 0. The van der Waals surface area contributed by atoms with Crippen LogP contribution in [-0.4, -0.2) is 96.9 Å². The summed E-state index contributed by atoms with van der Waals surface area (Å²) in [6.07, 6.45) is 3.23. The number of rotatable bonds is 22. The van der Waals surface area contributed by atoms with Crippen LogP contribution in [0.1, 0.15) is 12.8 Å². The zero-order valence-electron chi connectivity index (χ0n) is 25.2. The second kappa shape index (κ2) is 17.2. The van der Waals surface area contributed by atoms with E-state index in [-0.39, 0.29) is 13.2 Å². The summed E-state index contributed by atoms with van der Waals surface area (Å²) in [4.78, 5) is 22.6. The lowest BCUT2D eigenvalue weighted by Gasteiger charge is -2.42. The maximum atomic E-state index is 11.3. The minimum absolute atomic E-state index is 0.195. The molecule has 0 atom stereocenters. The molecule has 0 aromatic carbocycles. The lowest BCUT2D eigenvalue weighted by Crippen LogP contribution is -2.61. The highest BCUT2D eigenvalue weighted by Crippen LogP contribution is 2.29. The first kappa shape index (κ1) is 38.2. The fourth-order valence-corrected chi connectivity index (χ4v) is 25.4. The Hall–Kier alpha value is -0.816. The lowest BCUT2D eigenvalue weighted by molar-refractivity contribution is -0.138. The van der Waals surface area contributed by atoms with E-state index in [0.29, 0.717) is 24.9 Å². The summed E-state index contributed by atoms with van der Waals surface area (Å²) >= 11 is 0. The van der Waals surface area contributed by atoms with Gasteiger partial charge in [-0.15, -0.1) is 0 Å². The molecular formula is C22H48O12Si5. The fourth-order valence-electron chi connectivity index (χ4n) is 3.88. The van der Waals surface area contributed by atoms with Crippen LogP contribution in [-0.2, 0) is 53.2 Å². The molecule has 228 valence electrons. The Morgan fingerprint density at radius 2 is 0.846 bits per heavy atom. The molecule has 0 heterocycles. The minimum atomic E-state index is -3.11. The Kier molecular flexibility index (Phi) is 16.9. The van der Waals surface area contributed by atoms with Gasteiger partial charge in [-0.3, -0.25) is 0 Å². The van der Waals surface area contributed by atoms with E-state index in [9.17, 15) is 9.59 Å². The Bertz CT molecular complexity index is 723. The van der Waals surface area contributed by atoms with Gasteiger partial charge in [0.05, 0.1) is 13.2 Å². The highest BCUT2D eigenvalue weighted by Gasteiger charge is 2.51. The first-order chi connectivity index (χ1) is 18.0. The number of esters is 2. The Morgan fingerprint density at radius 3 is 1.10 bits per heavy atom. The monoisotopic (exact) mass is 644 g/mol. The van der Waals surface area contributed by atoms with Gasteiger partial charge in [0.15, 0.2) is 0 Å². The molecule has 0 amide bonds. The quantitative estimate of drug-likeness (QED) is 0.0735. The summed E-state index contributed by atoms with van der Waals surface area (Å²) in [5, 5.41) is 0. The van der Waals surface area contributed by atoms with Gasteiger partial charge in [0.25, 0.3) is 0 Å². The van der Waals surface area contributed by atoms with E-state index in [1.54, 1.807) is 0 Å². The third kappa shape index (κ3) is 15.1. The smallest absolute Gasteiger partial charge is 0.463 e. The van der Waals surface area contributed by atoms with Crippen molar-refractivity contribution in [1.29, 1.82) is 0 Å². The van der Waals surface area contributed by atoms with Crippen molar-refractivity contribution in [2.45, 2.75) is 64.2 Å². The second-order valence-electron chi connectivity index (χ2n) is 9.74. The molecule has 0 aromatic heterocycles. The summed E-state index contributed by atoms with van der Waals surface area (Å²) in [6, 6.07) is 0.878. The van der Waals surface area contributed by atoms with Crippen LogP contribution in [0.5, 0.6) is 0 Å². The molecule has 0 fully saturated rings. The van der Waals surface area contributed by atoms with E-state index in [2.05, 4.69) is 13.2 Å². The number of carbonyl (C=O) groups excluding carboxylic acids is 2. The second-order valence-corrected chi connectivity index (χ2v) is 26.8. The largest absolute Gasteiger partial charge is 0.491 e. The van der Waals surface area contributed by atoms with Crippen LogP contribution in [0.2, 0.25) is 51.4 Å². The zero-order valence-corrected chi connectivity index (χ0v) is 30.2. The molecule has 0 saturated heterocycles. The van der Waals surface area contributed by atoms with E-state index >= 15 is 0 Å². The molecule has 0 aliphatic carbocycles. The Balaban J connectivity index is 5.33. The van der Waals surface area contributed by atoms with Gasteiger partial charge < -0.3 is 43.6 Å². The van der Waals surface area contributed by atoms with Crippen LogP contribution < -0.4 is 0 Å². The van der Waals surface area contributed by atoms with Crippen LogP contribution in [0.15, 0.2) is 25.3 Å². The molecule has 0 aliphatic rings. The maximum Gasteiger partial charge on any atom is 0.491 e. The number of ether oxygens (including phenoxy) is 2. The molecular weight excluding hydrogens is 597 g/mol. The summed E-state index contributed by atoms with van der Waals surface area (Å²) < 4.78 is 58.9. The highest BCUT2D eigenvalue weighted by atomic mass is 28.5. The average molecular weight is 645 g/mol. The average Bonchev–Trinajstić information content (AvgIpc) is 2.85. The van der Waals surface area contributed by atoms with Crippen molar-refractivity contribution in [3.05, 3.63) is 25.3 Å². The molecule has 0 aliphatic heterocycles. The van der Waals surface area contributed by atoms with Crippen molar-refractivity contribution >= 4 is 55.2 Å². The number of carbonyl (C=O) groups is 2. The molecule has 0 spiro atoms. The van der Waals surface area contributed by atoms with E-state index in [1.807, 2.05) is 39.3 Å². The first-order valence-corrected chi connectivity index (χ1v) is 24.9. The molecule has 0 bridgehead atoms. The standard InChI is InChI=1S/C22H48O12Si5/c1-13-21(23)29-17-15-19-38(25-3,26-4)33-36(9,10)31-35(7,8)32-37(11,12)34-39(27-5,28-6)20-16-18-30-22(24)14-2/h13-14H,1-2,15-20H2,3-12H3. The van der Waals surface area contributed by atoms with Gasteiger partial charge in [0.2, 0.25) is 0 Å². The normalized spacial score (nSPS) is 13.2. The summed E-state index contributed by atoms with van der Waals surface area (Å²) in [5.74, 6) is -0.972. The van der Waals surface area contributed by atoms with E-state index in [4.69, 9.17) is 43.6 Å². The van der Waals surface area contributed by atoms with Gasteiger partial charge in [-0.05, 0) is 52.1 Å². The predicted octanol–water partition coefficient (Wildman–Crippen LogP) is 3.86. The Labute approximate surface area is 239 Å². The van der Waals surface area contributed by atoms with E-state index < -0.39 is 55.2 Å². The Morgan fingerprint density at radius 1 is 0.564 bits per heavy atom. The van der Waals surface area contributed by atoms with Gasteiger partial charge in [0, 0.05) is 52.7 Å². The molecule has 0 rings (SSSR count). The molecule has 0 N–H and O–H groups in total. The first-order valence-electron chi connectivity index (χ1n) is 12.6. The van der Waals surface area contributed by atoms with Gasteiger partial charge >= 0.3 is 55.2 Å². The SMILES string of the molecule is C=CC(=O)OCCC[Si](OC)(OC)O[Si](C)(C)O[Si](C)(C)O[Si](C)(C)O[Si](CCCOC(=O)C=C)(OC)OC. The van der Waals surface area contributed by atoms with E-state index in [0.717, 1.165) is 12.2 Å². The molecule has 0 radical (unpaired) electrons. The third-order valence-electron chi connectivity index (χ3n) is 5.11. The lowest BCUT2D eigenvalue weighted by atomic mass is 10.5. The molecule has 0 unspecified atom stereocenters. The van der Waals surface area contributed by atoms with Gasteiger partial charge in [0.1, 0.15) is 0 Å². The van der Waals surface area contributed by atoms with Crippen molar-refractivity contribution in [3.63, 3.8) is 0 Å². The highest BCUT2D eigenvalue weighted by molar-refractivity contribution is 6.88. The van der Waals surface area contributed by atoms with Gasteiger partial charge in [-0.1, -0.05) is 13.2 Å². The summed E-state index contributed by atoms with van der Waals surface area (Å²) in [7, 11) is -8.54. The van der Waals surface area contributed by atoms with Crippen LogP contribution in [0, 0.1) is 0 Å². The number of hydrogen-bond donors (Lipinski definition) is 0. The maximum absolute atomic E-state index is 11.3. The van der Waals surface area contributed by atoms with Crippen molar-refractivity contribution in [2.75, 3.05) is 41.7 Å². The fraction of sp³-hybridized carbons (Fsp3) is 0.727. The molecule has 0 aromatic rings. The van der Waals surface area contributed by atoms with E-state index in [1.165, 1.54) is 28.4 Å². The molecule has 0 saturated carbocycles. The number of hydrogen-bond acceptors (Lipinski definition) is 12. The molecule has 39 heavy (non-hydrogen) atoms.